The molecule has 0 aliphatic carbocycles. The summed E-state index contributed by atoms with van der Waals surface area (Å²) < 4.78 is 1.22. The summed E-state index contributed by atoms with van der Waals surface area (Å²) in [7, 11) is 0. The SMILES string of the molecule is Cc1nn(C2CCC(=O)NC2=O)c(=O)c2cc(N3CCC(CC(=O)NCCCN)CC3)ccc12. The fourth-order valence-corrected chi connectivity index (χ4v) is 4.79. The van der Waals surface area contributed by atoms with Crippen molar-refractivity contribution in [2.45, 2.75) is 51.5 Å². The summed E-state index contributed by atoms with van der Waals surface area (Å²) in [5.74, 6) is -0.402. The maximum Gasteiger partial charge on any atom is 0.275 e. The molecule has 2 aliphatic heterocycles. The lowest BCUT2D eigenvalue weighted by atomic mass is 9.92. The van der Waals surface area contributed by atoms with Gasteiger partial charge in [-0.25, -0.2) is 4.68 Å². The van der Waals surface area contributed by atoms with Crippen LogP contribution in [0, 0.1) is 12.8 Å². The number of hydrogen-bond donors (Lipinski definition) is 3. The number of piperidine rings is 2. The monoisotopic (exact) mass is 468 g/mol. The predicted octanol–water partition coefficient (Wildman–Crippen LogP) is 0.754. The van der Waals surface area contributed by atoms with Gasteiger partial charge in [-0.1, -0.05) is 6.07 Å². The number of carbonyl (C=O) groups excluding carboxylic acids is 3. The van der Waals surface area contributed by atoms with Crippen LogP contribution in [0.1, 0.15) is 50.3 Å². The van der Waals surface area contributed by atoms with Gasteiger partial charge in [0, 0.05) is 43.5 Å². The van der Waals surface area contributed by atoms with E-state index in [1.165, 1.54) is 4.68 Å². The summed E-state index contributed by atoms with van der Waals surface area (Å²) in [4.78, 5) is 51.4. The Morgan fingerprint density at radius 3 is 2.65 bits per heavy atom. The zero-order valence-electron chi connectivity index (χ0n) is 19.5. The topological polar surface area (TPSA) is 139 Å². The van der Waals surface area contributed by atoms with E-state index in [1.54, 1.807) is 0 Å². The van der Waals surface area contributed by atoms with Crippen LogP contribution in [0.15, 0.2) is 23.0 Å². The zero-order valence-corrected chi connectivity index (χ0v) is 19.5. The molecule has 0 saturated carbocycles. The molecule has 4 N–H and O–H groups in total. The Hall–Kier alpha value is -3.27. The van der Waals surface area contributed by atoms with Gasteiger partial charge < -0.3 is 16.0 Å². The van der Waals surface area contributed by atoms with Gasteiger partial charge in [0.2, 0.25) is 11.8 Å². The molecule has 2 aromatic rings. The van der Waals surface area contributed by atoms with E-state index >= 15 is 0 Å². The minimum absolute atomic E-state index is 0.0783. The average molecular weight is 469 g/mol. The number of fused-ring (bicyclic) bond motifs is 1. The van der Waals surface area contributed by atoms with Crippen LogP contribution in [0.3, 0.4) is 0 Å². The second kappa shape index (κ2) is 10.3. The number of rotatable bonds is 7. The van der Waals surface area contributed by atoms with Gasteiger partial charge in [0.25, 0.3) is 11.5 Å². The quantitative estimate of drug-likeness (QED) is 0.402. The highest BCUT2D eigenvalue weighted by Crippen LogP contribution is 2.28. The third kappa shape index (κ3) is 5.11. The first kappa shape index (κ1) is 23.9. The fraction of sp³-hybridized carbons (Fsp3) is 0.542. The number of anilines is 1. The number of aromatic nitrogens is 2. The molecule has 10 nitrogen and oxygen atoms in total. The molecule has 0 bridgehead atoms. The maximum absolute atomic E-state index is 13.3. The number of hydrogen-bond acceptors (Lipinski definition) is 7. The van der Waals surface area contributed by atoms with Crippen LogP contribution >= 0.6 is 0 Å². The highest BCUT2D eigenvalue weighted by Gasteiger charge is 2.30. The second-order valence-corrected chi connectivity index (χ2v) is 9.16. The van der Waals surface area contributed by atoms with Gasteiger partial charge >= 0.3 is 0 Å². The van der Waals surface area contributed by atoms with Crippen molar-refractivity contribution in [2.75, 3.05) is 31.1 Å². The van der Waals surface area contributed by atoms with Crippen molar-refractivity contribution in [3.63, 3.8) is 0 Å². The minimum atomic E-state index is -0.788. The number of nitrogens with zero attached hydrogens (tertiary/aromatic N) is 3. The van der Waals surface area contributed by atoms with Crippen molar-refractivity contribution in [1.29, 1.82) is 0 Å². The molecule has 1 aromatic carbocycles. The molecule has 10 heteroatoms. The van der Waals surface area contributed by atoms with Gasteiger partial charge in [0.05, 0.1) is 11.1 Å². The van der Waals surface area contributed by atoms with Crippen molar-refractivity contribution < 1.29 is 14.4 Å². The number of nitrogens with one attached hydrogen (secondary N) is 2. The largest absolute Gasteiger partial charge is 0.371 e. The smallest absolute Gasteiger partial charge is 0.275 e. The molecule has 182 valence electrons. The highest BCUT2D eigenvalue weighted by atomic mass is 16.2. The lowest BCUT2D eigenvalue weighted by molar-refractivity contribution is -0.136. The number of aryl methyl sites for hydroxylation is 1. The van der Waals surface area contributed by atoms with E-state index in [0.717, 1.165) is 43.4 Å². The number of nitrogens with two attached hydrogens (primary N) is 1. The summed E-state index contributed by atoms with van der Waals surface area (Å²) in [5.41, 5.74) is 6.73. The summed E-state index contributed by atoms with van der Waals surface area (Å²) >= 11 is 0. The van der Waals surface area contributed by atoms with E-state index in [1.807, 2.05) is 25.1 Å². The summed E-state index contributed by atoms with van der Waals surface area (Å²) in [5, 5.41) is 10.9. The molecule has 1 aromatic heterocycles. The highest BCUT2D eigenvalue weighted by molar-refractivity contribution is 5.99. The Bertz CT molecular complexity index is 1150. The molecule has 2 saturated heterocycles. The van der Waals surface area contributed by atoms with E-state index < -0.39 is 11.9 Å². The van der Waals surface area contributed by atoms with Crippen molar-refractivity contribution >= 4 is 34.2 Å². The van der Waals surface area contributed by atoms with Crippen molar-refractivity contribution in [3.05, 3.63) is 34.2 Å². The Kier molecular flexibility index (Phi) is 7.26. The Morgan fingerprint density at radius 2 is 1.94 bits per heavy atom. The predicted molar refractivity (Wildman–Crippen MR) is 128 cm³/mol. The van der Waals surface area contributed by atoms with Gasteiger partial charge in [0.1, 0.15) is 6.04 Å². The van der Waals surface area contributed by atoms with Gasteiger partial charge in [-0.05, 0) is 57.2 Å². The molecule has 0 spiro atoms. The van der Waals surface area contributed by atoms with E-state index in [9.17, 15) is 19.2 Å². The lowest BCUT2D eigenvalue weighted by Gasteiger charge is -2.33. The number of amides is 3. The maximum atomic E-state index is 13.3. The third-order valence-corrected chi connectivity index (χ3v) is 6.75. The van der Waals surface area contributed by atoms with Crippen LogP contribution in [0.5, 0.6) is 0 Å². The fourth-order valence-electron chi connectivity index (χ4n) is 4.79. The van der Waals surface area contributed by atoms with Gasteiger partial charge in [-0.2, -0.15) is 5.10 Å². The summed E-state index contributed by atoms with van der Waals surface area (Å²) in [6.45, 7) is 4.61. The first-order chi connectivity index (χ1) is 16.4. The molecule has 4 rings (SSSR count). The molecule has 0 radical (unpaired) electrons. The third-order valence-electron chi connectivity index (χ3n) is 6.75. The molecule has 1 unspecified atom stereocenters. The van der Waals surface area contributed by atoms with Gasteiger partial charge in [-0.15, -0.1) is 0 Å². The minimum Gasteiger partial charge on any atom is -0.371 e. The summed E-state index contributed by atoms with van der Waals surface area (Å²) in [6.07, 6.45) is 3.55. The molecule has 3 heterocycles. The Morgan fingerprint density at radius 1 is 1.18 bits per heavy atom. The van der Waals surface area contributed by atoms with Crippen LogP contribution in [-0.2, 0) is 14.4 Å². The number of benzene rings is 1. The van der Waals surface area contributed by atoms with E-state index in [0.29, 0.717) is 36.5 Å². The Labute approximate surface area is 197 Å². The average Bonchev–Trinajstić information content (AvgIpc) is 2.82. The summed E-state index contributed by atoms with van der Waals surface area (Å²) in [6, 6.07) is 4.98. The van der Waals surface area contributed by atoms with E-state index in [2.05, 4.69) is 20.6 Å². The Balaban J connectivity index is 1.49. The normalized spacial score (nSPS) is 19.4. The van der Waals surface area contributed by atoms with Crippen molar-refractivity contribution in [2.24, 2.45) is 11.7 Å². The van der Waals surface area contributed by atoms with E-state index in [-0.39, 0.29) is 30.2 Å². The number of carbonyl (C=O) groups is 3. The van der Waals surface area contributed by atoms with Crippen LogP contribution in [0.4, 0.5) is 5.69 Å². The number of imide groups is 1. The van der Waals surface area contributed by atoms with Crippen LogP contribution in [0.2, 0.25) is 0 Å². The molecule has 1 atom stereocenters. The second-order valence-electron chi connectivity index (χ2n) is 9.16. The van der Waals surface area contributed by atoms with E-state index in [4.69, 9.17) is 5.73 Å². The van der Waals surface area contributed by atoms with Crippen molar-refractivity contribution in [3.8, 4) is 0 Å². The van der Waals surface area contributed by atoms with Crippen LogP contribution < -0.4 is 26.8 Å². The standard InChI is InChI=1S/C24H32N6O4/c1-15-18-4-3-17(29-11-7-16(8-12-29)13-22(32)26-10-2-9-25)14-19(18)24(34)30(28-15)20-5-6-21(31)27-23(20)33/h3-4,14,16,20H,2,5-13,25H2,1H3,(H,26,32)(H,27,31,33). The molecule has 2 aliphatic rings. The molecular weight excluding hydrogens is 436 g/mol. The molecule has 34 heavy (non-hydrogen) atoms. The zero-order chi connectivity index (χ0) is 24.2. The lowest BCUT2D eigenvalue weighted by Crippen LogP contribution is -2.45. The van der Waals surface area contributed by atoms with Gasteiger partial charge in [-0.3, -0.25) is 24.5 Å². The molecule has 3 amide bonds. The first-order valence-corrected chi connectivity index (χ1v) is 12.0. The van der Waals surface area contributed by atoms with Crippen LogP contribution in [0.25, 0.3) is 10.8 Å². The first-order valence-electron chi connectivity index (χ1n) is 12.0. The molecule has 2 fully saturated rings. The molecular formula is C24H32N6O4. The van der Waals surface area contributed by atoms with Crippen molar-refractivity contribution in [1.82, 2.24) is 20.4 Å². The van der Waals surface area contributed by atoms with Crippen LogP contribution in [-0.4, -0.2) is 53.7 Å². The van der Waals surface area contributed by atoms with Gasteiger partial charge in [0.15, 0.2) is 0 Å².